The van der Waals surface area contributed by atoms with Crippen LogP contribution in [0.5, 0.6) is 0 Å². The van der Waals surface area contributed by atoms with Crippen LogP contribution in [0.4, 0.5) is 0 Å². The summed E-state index contributed by atoms with van der Waals surface area (Å²) >= 11 is 1.62. The van der Waals surface area contributed by atoms with Crippen molar-refractivity contribution in [1.82, 2.24) is 30.1 Å². The minimum absolute atomic E-state index is 0.197. The molecule has 0 fully saturated rings. The van der Waals surface area contributed by atoms with Crippen LogP contribution in [0.15, 0.2) is 59.3 Å². The Hall–Kier alpha value is -3.52. The molecule has 1 amide bonds. The van der Waals surface area contributed by atoms with Crippen molar-refractivity contribution < 1.29 is 4.79 Å². The maximum absolute atomic E-state index is 12.5. The van der Waals surface area contributed by atoms with Crippen LogP contribution in [0.2, 0.25) is 0 Å². The largest absolute Gasteiger partial charge is 0.351 e. The van der Waals surface area contributed by atoms with E-state index in [4.69, 9.17) is 0 Å². The lowest BCUT2D eigenvalue weighted by Gasteiger charge is -2.03. The van der Waals surface area contributed by atoms with E-state index in [1.165, 1.54) is 0 Å². The van der Waals surface area contributed by atoms with Crippen molar-refractivity contribution >= 4 is 33.8 Å². The first-order chi connectivity index (χ1) is 13.3. The van der Waals surface area contributed by atoms with Gasteiger partial charge in [-0.3, -0.25) is 4.79 Å². The summed E-state index contributed by atoms with van der Waals surface area (Å²) in [5.41, 5.74) is 3.97. The Morgan fingerprint density at radius 2 is 2.07 bits per heavy atom. The number of carbonyl (C=O) groups is 1. The summed E-state index contributed by atoms with van der Waals surface area (Å²) in [7, 11) is 0. The molecule has 1 aromatic carbocycles. The quantitative estimate of drug-likeness (QED) is 0.505. The number of carbonyl (C=O) groups excluding carboxylic acids is 1. The van der Waals surface area contributed by atoms with Crippen LogP contribution >= 0.6 is 11.3 Å². The highest BCUT2D eigenvalue weighted by molar-refractivity contribution is 7.08. The highest BCUT2D eigenvalue weighted by Crippen LogP contribution is 2.20. The molecule has 0 atom stereocenters. The van der Waals surface area contributed by atoms with Crippen LogP contribution in [-0.4, -0.2) is 30.7 Å². The van der Waals surface area contributed by atoms with Gasteiger partial charge in [0.05, 0.1) is 12.2 Å². The molecule has 0 unspecified atom stereocenters. The fourth-order valence-corrected chi connectivity index (χ4v) is 3.61. The topological polar surface area (TPSA) is 88.0 Å². The molecule has 0 radical (unpaired) electrons. The second-order valence-electron chi connectivity index (χ2n) is 6.07. The number of H-pyrrole nitrogens is 1. The summed E-state index contributed by atoms with van der Waals surface area (Å²) in [4.78, 5) is 15.6. The molecule has 0 saturated carbocycles. The number of thiophene rings is 1. The highest BCUT2D eigenvalue weighted by Gasteiger charge is 2.13. The van der Waals surface area contributed by atoms with E-state index < -0.39 is 0 Å². The summed E-state index contributed by atoms with van der Waals surface area (Å²) < 4.78 is 1.67. The fraction of sp³-hybridized carbons (Fsp3) is 0.0526. The average Bonchev–Trinajstić information content (AvgIpc) is 3.44. The van der Waals surface area contributed by atoms with Gasteiger partial charge >= 0.3 is 0 Å². The van der Waals surface area contributed by atoms with Gasteiger partial charge in [0.2, 0.25) is 0 Å². The first-order valence-electron chi connectivity index (χ1n) is 8.38. The second kappa shape index (κ2) is 6.33. The predicted octanol–water partition coefficient (Wildman–Crippen LogP) is 3.26. The van der Waals surface area contributed by atoms with Crippen LogP contribution < -0.4 is 5.32 Å². The summed E-state index contributed by atoms with van der Waals surface area (Å²) in [6, 6.07) is 15.4. The molecular weight excluding hydrogens is 360 g/mol. The summed E-state index contributed by atoms with van der Waals surface area (Å²) in [6.07, 6.45) is 0. The molecule has 0 bridgehead atoms. The minimum atomic E-state index is -0.197. The monoisotopic (exact) mass is 374 g/mol. The lowest BCUT2D eigenvalue weighted by atomic mass is 10.2. The van der Waals surface area contributed by atoms with Crippen molar-refractivity contribution in [3.05, 3.63) is 70.8 Å². The molecule has 5 aromatic rings. The van der Waals surface area contributed by atoms with Gasteiger partial charge in [0.1, 0.15) is 5.69 Å². The van der Waals surface area contributed by atoms with Gasteiger partial charge in [0.15, 0.2) is 11.5 Å². The number of fused-ring (bicyclic) bond motifs is 2. The lowest BCUT2D eigenvalue weighted by molar-refractivity contribution is 0.0945. The standard InChI is InChI=1S/C19H14N6OS/c26-19(16-9-12-3-1-2-4-14(12)21-16)20-10-18-23-22-17-6-5-15(24-25(17)18)13-7-8-27-11-13/h1-9,11,21H,10H2,(H,20,26). The molecule has 4 aromatic heterocycles. The zero-order chi connectivity index (χ0) is 18.2. The Morgan fingerprint density at radius 1 is 1.15 bits per heavy atom. The van der Waals surface area contributed by atoms with E-state index in [0.717, 1.165) is 22.2 Å². The van der Waals surface area contributed by atoms with Gasteiger partial charge < -0.3 is 10.3 Å². The van der Waals surface area contributed by atoms with Gasteiger partial charge in [0, 0.05) is 21.8 Å². The van der Waals surface area contributed by atoms with E-state index in [2.05, 4.69) is 25.6 Å². The number of amides is 1. The Labute approximate surface area is 157 Å². The second-order valence-corrected chi connectivity index (χ2v) is 6.85. The number of benzene rings is 1. The van der Waals surface area contributed by atoms with E-state index in [1.807, 2.05) is 59.3 Å². The molecule has 7 nitrogen and oxygen atoms in total. The maximum atomic E-state index is 12.5. The number of aromatic amines is 1. The zero-order valence-electron chi connectivity index (χ0n) is 14.1. The predicted molar refractivity (Wildman–Crippen MR) is 104 cm³/mol. The number of rotatable bonds is 4. The normalized spacial score (nSPS) is 11.3. The minimum Gasteiger partial charge on any atom is -0.351 e. The molecule has 0 aliphatic heterocycles. The van der Waals surface area contributed by atoms with Crippen molar-refractivity contribution in [3.8, 4) is 11.3 Å². The molecule has 0 spiro atoms. The zero-order valence-corrected chi connectivity index (χ0v) is 14.9. The Balaban J connectivity index is 1.39. The highest BCUT2D eigenvalue weighted by atomic mass is 32.1. The fourth-order valence-electron chi connectivity index (χ4n) is 2.96. The van der Waals surface area contributed by atoms with Crippen molar-refractivity contribution in [3.63, 3.8) is 0 Å². The lowest BCUT2D eigenvalue weighted by Crippen LogP contribution is -2.24. The summed E-state index contributed by atoms with van der Waals surface area (Å²) in [5.74, 6) is 0.378. The third-order valence-electron chi connectivity index (χ3n) is 4.33. The molecule has 132 valence electrons. The Kier molecular flexibility index (Phi) is 3.68. The van der Waals surface area contributed by atoms with Gasteiger partial charge in [-0.2, -0.15) is 21.0 Å². The Morgan fingerprint density at radius 3 is 2.93 bits per heavy atom. The number of hydrogen-bond donors (Lipinski definition) is 2. The van der Waals surface area contributed by atoms with Crippen molar-refractivity contribution in [2.45, 2.75) is 6.54 Å². The molecule has 4 heterocycles. The van der Waals surface area contributed by atoms with Crippen LogP contribution in [0.25, 0.3) is 27.8 Å². The van der Waals surface area contributed by atoms with Crippen LogP contribution in [0.1, 0.15) is 16.3 Å². The number of nitrogens with zero attached hydrogens (tertiary/aromatic N) is 4. The third-order valence-corrected chi connectivity index (χ3v) is 5.01. The van der Waals surface area contributed by atoms with Gasteiger partial charge in [-0.1, -0.05) is 18.2 Å². The van der Waals surface area contributed by atoms with Crippen molar-refractivity contribution in [2.75, 3.05) is 0 Å². The van der Waals surface area contributed by atoms with E-state index in [-0.39, 0.29) is 12.5 Å². The van der Waals surface area contributed by atoms with Crippen molar-refractivity contribution in [1.29, 1.82) is 0 Å². The molecule has 5 rings (SSSR count). The van der Waals surface area contributed by atoms with E-state index in [9.17, 15) is 4.79 Å². The summed E-state index contributed by atoms with van der Waals surface area (Å²) in [6.45, 7) is 0.232. The molecule has 0 aliphatic rings. The van der Waals surface area contributed by atoms with E-state index in [0.29, 0.717) is 17.2 Å². The molecule has 8 heteroatoms. The first kappa shape index (κ1) is 15.7. The van der Waals surface area contributed by atoms with Crippen LogP contribution in [0, 0.1) is 0 Å². The number of aromatic nitrogens is 5. The maximum Gasteiger partial charge on any atom is 0.268 e. The van der Waals surface area contributed by atoms with Gasteiger partial charge in [-0.05, 0) is 35.7 Å². The van der Waals surface area contributed by atoms with Crippen LogP contribution in [0.3, 0.4) is 0 Å². The van der Waals surface area contributed by atoms with Gasteiger partial charge in [-0.25, -0.2) is 0 Å². The van der Waals surface area contributed by atoms with E-state index >= 15 is 0 Å². The van der Waals surface area contributed by atoms with Gasteiger partial charge in [-0.15, -0.1) is 10.2 Å². The number of para-hydroxylation sites is 1. The van der Waals surface area contributed by atoms with Crippen molar-refractivity contribution in [2.24, 2.45) is 0 Å². The molecule has 27 heavy (non-hydrogen) atoms. The van der Waals surface area contributed by atoms with Crippen LogP contribution in [-0.2, 0) is 6.54 Å². The SMILES string of the molecule is O=C(NCc1nnc2ccc(-c3ccsc3)nn12)c1cc2ccccc2[nH]1. The third kappa shape index (κ3) is 2.85. The Bertz CT molecular complexity index is 1220. The molecule has 0 saturated heterocycles. The van der Waals surface area contributed by atoms with Gasteiger partial charge in [0.25, 0.3) is 5.91 Å². The number of hydrogen-bond acceptors (Lipinski definition) is 5. The van der Waals surface area contributed by atoms with E-state index in [1.54, 1.807) is 15.9 Å². The summed E-state index contributed by atoms with van der Waals surface area (Å²) in [5, 5.41) is 20.8. The smallest absolute Gasteiger partial charge is 0.268 e. The average molecular weight is 374 g/mol. The number of nitrogens with one attached hydrogen (secondary N) is 2. The molecule has 2 N–H and O–H groups in total. The molecule has 0 aliphatic carbocycles. The first-order valence-corrected chi connectivity index (χ1v) is 9.32. The molecular formula is C19H14N6OS.